The molecule has 31 heavy (non-hydrogen) atoms. The Bertz CT molecular complexity index is 943. The van der Waals surface area contributed by atoms with Crippen molar-refractivity contribution in [1.82, 2.24) is 4.90 Å². The van der Waals surface area contributed by atoms with Gasteiger partial charge in [-0.1, -0.05) is 6.07 Å². The lowest BCUT2D eigenvalue weighted by Crippen LogP contribution is -2.42. The van der Waals surface area contributed by atoms with Crippen molar-refractivity contribution in [2.75, 3.05) is 27.3 Å². The lowest BCUT2D eigenvalue weighted by molar-refractivity contribution is -0.0231. The van der Waals surface area contributed by atoms with Crippen LogP contribution in [0.2, 0.25) is 0 Å². The van der Waals surface area contributed by atoms with E-state index in [2.05, 4.69) is 0 Å². The number of carbonyl (C=O) groups is 2. The lowest BCUT2D eigenvalue weighted by Gasteiger charge is -2.35. The summed E-state index contributed by atoms with van der Waals surface area (Å²) >= 11 is 0. The van der Waals surface area contributed by atoms with E-state index in [9.17, 15) is 14.7 Å². The number of amides is 1. The molecule has 1 amide bonds. The molecular formula is C24H27NO6. The molecule has 164 valence electrons. The van der Waals surface area contributed by atoms with Crippen molar-refractivity contribution in [1.29, 1.82) is 0 Å². The van der Waals surface area contributed by atoms with Gasteiger partial charge in [0, 0.05) is 18.7 Å². The summed E-state index contributed by atoms with van der Waals surface area (Å²) in [5.41, 5.74) is 1.05. The first-order valence-electron chi connectivity index (χ1n) is 10.4. The summed E-state index contributed by atoms with van der Waals surface area (Å²) in [4.78, 5) is 26.4. The first-order chi connectivity index (χ1) is 15.0. The van der Waals surface area contributed by atoms with Crippen molar-refractivity contribution in [3.63, 3.8) is 0 Å². The van der Waals surface area contributed by atoms with Crippen LogP contribution >= 0.6 is 0 Å². The fraction of sp³-hybridized carbons (Fsp3) is 0.417. The molecule has 1 aliphatic heterocycles. The normalized spacial score (nSPS) is 24.9. The van der Waals surface area contributed by atoms with Gasteiger partial charge in [-0.3, -0.25) is 4.79 Å². The van der Waals surface area contributed by atoms with Crippen LogP contribution in [0.25, 0.3) is 0 Å². The molecule has 0 radical (unpaired) electrons. The van der Waals surface area contributed by atoms with Gasteiger partial charge < -0.3 is 24.2 Å². The van der Waals surface area contributed by atoms with Crippen LogP contribution in [-0.2, 0) is 4.74 Å². The maximum Gasteiger partial charge on any atom is 0.337 e. The molecule has 1 heterocycles. The van der Waals surface area contributed by atoms with Crippen molar-refractivity contribution in [3.8, 4) is 11.5 Å². The first-order valence-corrected chi connectivity index (χ1v) is 10.4. The van der Waals surface area contributed by atoms with E-state index in [4.69, 9.17) is 14.2 Å². The fourth-order valence-electron chi connectivity index (χ4n) is 4.58. The first kappa shape index (κ1) is 21.2. The monoisotopic (exact) mass is 425 g/mol. The molecule has 1 aliphatic carbocycles. The molecule has 2 aromatic rings. The van der Waals surface area contributed by atoms with Gasteiger partial charge in [-0.2, -0.15) is 0 Å². The molecule has 0 bridgehead atoms. The average molecular weight is 425 g/mol. The summed E-state index contributed by atoms with van der Waals surface area (Å²) in [5, 5.41) is 10.6. The number of likely N-dealkylation sites (tertiary alicyclic amines) is 1. The van der Waals surface area contributed by atoms with Gasteiger partial charge in [0.2, 0.25) is 0 Å². The minimum atomic E-state index is -0.603. The predicted molar refractivity (Wildman–Crippen MR) is 113 cm³/mol. The van der Waals surface area contributed by atoms with Crippen molar-refractivity contribution in [2.45, 2.75) is 25.0 Å². The number of aliphatic hydroxyl groups excluding tert-OH is 1. The van der Waals surface area contributed by atoms with Crippen LogP contribution in [0.1, 0.15) is 33.6 Å². The molecule has 4 atom stereocenters. The molecule has 0 aromatic heterocycles. The Kier molecular flexibility index (Phi) is 6.13. The van der Waals surface area contributed by atoms with Gasteiger partial charge in [0.15, 0.2) is 0 Å². The third-order valence-corrected chi connectivity index (χ3v) is 6.25. The Morgan fingerprint density at radius 1 is 0.935 bits per heavy atom. The number of hydrogen-bond acceptors (Lipinski definition) is 6. The Balaban J connectivity index is 1.39. The number of fused-ring (bicyclic) bond motifs is 1. The number of hydrogen-bond donors (Lipinski definition) is 1. The highest BCUT2D eigenvalue weighted by Crippen LogP contribution is 2.38. The lowest BCUT2D eigenvalue weighted by atomic mass is 9.78. The number of esters is 1. The molecule has 0 spiro atoms. The van der Waals surface area contributed by atoms with Crippen LogP contribution in [0.15, 0.2) is 48.5 Å². The summed E-state index contributed by atoms with van der Waals surface area (Å²) < 4.78 is 16.0. The summed E-state index contributed by atoms with van der Waals surface area (Å²) in [7, 11) is 2.92. The number of methoxy groups -OCH3 is 2. The highest BCUT2D eigenvalue weighted by Gasteiger charge is 2.44. The number of benzene rings is 2. The van der Waals surface area contributed by atoms with Crippen molar-refractivity contribution in [2.24, 2.45) is 11.8 Å². The maximum atomic E-state index is 13.0. The molecule has 7 heteroatoms. The van der Waals surface area contributed by atoms with E-state index in [0.29, 0.717) is 48.6 Å². The standard InChI is InChI=1S/C24H27NO6/c1-29-20-5-3-4-16(10-20)23(27)25-13-17-11-21(26)22(12-18(17)14-25)31-19-8-6-15(7-9-19)24(28)30-2/h3-10,17-18,21-22,26H,11-14H2,1-2H3/t17-,18+,21-,22-/m0/s1. The zero-order chi connectivity index (χ0) is 22.0. The van der Waals surface area contributed by atoms with E-state index in [1.54, 1.807) is 43.5 Å². The molecule has 0 unspecified atom stereocenters. The molecule has 1 saturated carbocycles. The Morgan fingerprint density at radius 2 is 1.65 bits per heavy atom. The quantitative estimate of drug-likeness (QED) is 0.742. The largest absolute Gasteiger partial charge is 0.497 e. The molecule has 2 aromatic carbocycles. The third-order valence-electron chi connectivity index (χ3n) is 6.25. The van der Waals surface area contributed by atoms with Crippen LogP contribution < -0.4 is 9.47 Å². The van der Waals surface area contributed by atoms with E-state index in [1.807, 2.05) is 17.0 Å². The second kappa shape index (κ2) is 8.98. The Hall–Kier alpha value is -3.06. The summed E-state index contributed by atoms with van der Waals surface area (Å²) in [6.07, 6.45) is 0.315. The fourth-order valence-corrected chi connectivity index (χ4v) is 4.58. The van der Waals surface area contributed by atoms with Gasteiger partial charge in [-0.25, -0.2) is 4.79 Å². The molecular weight excluding hydrogens is 398 g/mol. The van der Waals surface area contributed by atoms with Crippen molar-refractivity contribution in [3.05, 3.63) is 59.7 Å². The highest BCUT2D eigenvalue weighted by molar-refractivity contribution is 5.94. The van der Waals surface area contributed by atoms with Gasteiger partial charge in [0.25, 0.3) is 5.91 Å². The predicted octanol–water partition coefficient (Wildman–Crippen LogP) is 2.77. The highest BCUT2D eigenvalue weighted by atomic mass is 16.5. The van der Waals surface area contributed by atoms with E-state index in [-0.39, 0.29) is 23.8 Å². The molecule has 1 saturated heterocycles. The van der Waals surface area contributed by atoms with Crippen LogP contribution in [0.4, 0.5) is 0 Å². The second-order valence-electron chi connectivity index (χ2n) is 8.17. The smallest absolute Gasteiger partial charge is 0.337 e. The van der Waals surface area contributed by atoms with Crippen molar-refractivity contribution < 1.29 is 28.9 Å². The molecule has 2 fully saturated rings. The van der Waals surface area contributed by atoms with E-state index in [0.717, 1.165) is 0 Å². The zero-order valence-electron chi connectivity index (χ0n) is 17.7. The van der Waals surface area contributed by atoms with Gasteiger partial charge >= 0.3 is 5.97 Å². The van der Waals surface area contributed by atoms with E-state index in [1.165, 1.54) is 7.11 Å². The van der Waals surface area contributed by atoms with Gasteiger partial charge in [0.1, 0.15) is 17.6 Å². The van der Waals surface area contributed by atoms with Crippen LogP contribution in [-0.4, -0.2) is 61.4 Å². The zero-order valence-corrected chi connectivity index (χ0v) is 17.7. The van der Waals surface area contributed by atoms with Gasteiger partial charge in [-0.15, -0.1) is 0 Å². The second-order valence-corrected chi connectivity index (χ2v) is 8.17. The third kappa shape index (κ3) is 4.51. The van der Waals surface area contributed by atoms with Crippen LogP contribution in [0.5, 0.6) is 11.5 Å². The number of aliphatic hydroxyl groups is 1. The SMILES string of the molecule is COC(=O)c1ccc(O[C@H]2C[C@@H]3CN(C(=O)c4cccc(OC)c4)C[C@@H]3C[C@@H]2O)cc1. The minimum Gasteiger partial charge on any atom is -0.497 e. The topological polar surface area (TPSA) is 85.3 Å². The van der Waals surface area contributed by atoms with Crippen LogP contribution in [0, 0.1) is 11.8 Å². The Labute approximate surface area is 181 Å². The average Bonchev–Trinajstić information content (AvgIpc) is 3.21. The van der Waals surface area contributed by atoms with Gasteiger partial charge in [0.05, 0.1) is 25.9 Å². The molecule has 7 nitrogen and oxygen atoms in total. The number of carbonyl (C=O) groups excluding carboxylic acids is 2. The summed E-state index contributed by atoms with van der Waals surface area (Å²) in [6.45, 7) is 1.28. The van der Waals surface area contributed by atoms with E-state index >= 15 is 0 Å². The van der Waals surface area contributed by atoms with Crippen molar-refractivity contribution >= 4 is 11.9 Å². The molecule has 4 rings (SSSR count). The van der Waals surface area contributed by atoms with Gasteiger partial charge in [-0.05, 0) is 67.1 Å². The Morgan fingerprint density at radius 3 is 2.32 bits per heavy atom. The number of ether oxygens (including phenoxy) is 3. The summed E-state index contributed by atoms with van der Waals surface area (Å²) in [5.74, 6) is 1.36. The molecule has 1 N–H and O–H groups in total. The maximum absolute atomic E-state index is 13.0. The number of rotatable bonds is 5. The van der Waals surface area contributed by atoms with Crippen LogP contribution in [0.3, 0.4) is 0 Å². The number of nitrogens with zero attached hydrogens (tertiary/aromatic N) is 1. The minimum absolute atomic E-state index is 0.0151. The van der Waals surface area contributed by atoms with E-state index < -0.39 is 12.1 Å². The summed E-state index contributed by atoms with van der Waals surface area (Å²) in [6, 6.07) is 13.9. The molecule has 2 aliphatic rings.